The average Bonchev–Trinajstić information content (AvgIpc) is 3.05. The molecule has 1 fully saturated rings. The largest absolute Gasteiger partial charge is 0.481 e. The molecule has 0 amide bonds. The Morgan fingerprint density at radius 2 is 2.24 bits per heavy atom. The van der Waals surface area contributed by atoms with Gasteiger partial charge in [-0.25, -0.2) is 9.67 Å². The van der Waals surface area contributed by atoms with Crippen molar-refractivity contribution in [2.75, 3.05) is 13.7 Å². The first kappa shape index (κ1) is 14.0. The summed E-state index contributed by atoms with van der Waals surface area (Å²) in [7, 11) is 1.54. The van der Waals surface area contributed by atoms with Crippen molar-refractivity contribution >= 4 is 0 Å². The van der Waals surface area contributed by atoms with E-state index in [2.05, 4.69) is 10.1 Å². The first-order chi connectivity index (χ1) is 10.3. The summed E-state index contributed by atoms with van der Waals surface area (Å²) in [5, 5.41) is 13.8. The summed E-state index contributed by atoms with van der Waals surface area (Å²) in [4.78, 5) is 4.39. The molecule has 0 saturated carbocycles. The van der Waals surface area contributed by atoms with Crippen LogP contribution in [0.25, 0.3) is 11.4 Å². The van der Waals surface area contributed by atoms with Gasteiger partial charge in [0.15, 0.2) is 0 Å². The van der Waals surface area contributed by atoms with Gasteiger partial charge in [0.25, 0.3) is 0 Å². The molecule has 2 aromatic rings. The van der Waals surface area contributed by atoms with Gasteiger partial charge in [0.2, 0.25) is 5.88 Å². The van der Waals surface area contributed by atoms with Gasteiger partial charge in [0.05, 0.1) is 19.4 Å². The molecule has 2 aromatic heterocycles. The van der Waals surface area contributed by atoms with Crippen molar-refractivity contribution in [2.24, 2.45) is 0 Å². The Kier molecular flexibility index (Phi) is 4.17. The van der Waals surface area contributed by atoms with E-state index in [1.165, 1.54) is 0 Å². The number of methoxy groups -OCH3 is 1. The van der Waals surface area contributed by atoms with Crippen LogP contribution in [0.2, 0.25) is 0 Å². The minimum Gasteiger partial charge on any atom is -0.481 e. The highest BCUT2D eigenvalue weighted by Crippen LogP contribution is 2.25. The van der Waals surface area contributed by atoms with Crippen molar-refractivity contribution in [3.05, 3.63) is 30.0 Å². The van der Waals surface area contributed by atoms with Crippen LogP contribution < -0.4 is 4.74 Å². The highest BCUT2D eigenvalue weighted by Gasteiger charge is 2.17. The van der Waals surface area contributed by atoms with Crippen molar-refractivity contribution < 1.29 is 14.6 Å². The van der Waals surface area contributed by atoms with E-state index in [0.29, 0.717) is 11.4 Å². The molecule has 3 heterocycles. The topological polar surface area (TPSA) is 69.4 Å². The van der Waals surface area contributed by atoms with Gasteiger partial charge in [-0.15, -0.1) is 0 Å². The smallest absolute Gasteiger partial charge is 0.219 e. The van der Waals surface area contributed by atoms with E-state index >= 15 is 0 Å². The fourth-order valence-electron chi connectivity index (χ4n) is 2.48. The lowest BCUT2D eigenvalue weighted by Gasteiger charge is -2.22. The predicted molar refractivity (Wildman–Crippen MR) is 76.8 cm³/mol. The van der Waals surface area contributed by atoms with E-state index < -0.39 is 0 Å². The number of hydrogen-bond donors (Lipinski definition) is 1. The van der Waals surface area contributed by atoms with Crippen molar-refractivity contribution in [3.8, 4) is 17.3 Å². The molecule has 0 bridgehead atoms. The van der Waals surface area contributed by atoms with Gasteiger partial charge in [0, 0.05) is 18.4 Å². The van der Waals surface area contributed by atoms with Crippen LogP contribution in [-0.4, -0.2) is 33.6 Å². The SMILES string of the molecule is COc1nc(-c2ccn(C3CCCCO3)n2)ccc1CO. The quantitative estimate of drug-likeness (QED) is 0.934. The van der Waals surface area contributed by atoms with E-state index in [1.807, 2.05) is 23.0 Å². The third-order valence-corrected chi connectivity index (χ3v) is 3.62. The van der Waals surface area contributed by atoms with E-state index in [9.17, 15) is 5.11 Å². The zero-order valence-corrected chi connectivity index (χ0v) is 12.0. The van der Waals surface area contributed by atoms with Crippen LogP contribution in [0.3, 0.4) is 0 Å². The van der Waals surface area contributed by atoms with Gasteiger partial charge in [0.1, 0.15) is 11.9 Å². The maximum Gasteiger partial charge on any atom is 0.219 e. The summed E-state index contributed by atoms with van der Waals surface area (Å²) < 4.78 is 12.8. The molecular weight excluding hydrogens is 270 g/mol. The molecule has 1 N–H and O–H groups in total. The summed E-state index contributed by atoms with van der Waals surface area (Å²) in [6, 6.07) is 5.55. The Labute approximate surface area is 123 Å². The number of aliphatic hydroxyl groups excluding tert-OH is 1. The van der Waals surface area contributed by atoms with Crippen molar-refractivity contribution in [1.29, 1.82) is 0 Å². The lowest BCUT2D eigenvalue weighted by Crippen LogP contribution is -2.18. The molecular formula is C15H19N3O3. The zero-order valence-electron chi connectivity index (χ0n) is 12.0. The first-order valence-electron chi connectivity index (χ1n) is 7.13. The Morgan fingerprint density at radius 3 is 2.95 bits per heavy atom. The number of aliphatic hydroxyl groups is 1. The second-order valence-electron chi connectivity index (χ2n) is 5.03. The molecule has 1 unspecified atom stereocenters. The van der Waals surface area contributed by atoms with Crippen LogP contribution in [0.1, 0.15) is 31.1 Å². The summed E-state index contributed by atoms with van der Waals surface area (Å²) in [5.74, 6) is 0.429. The Morgan fingerprint density at radius 1 is 1.33 bits per heavy atom. The molecule has 0 spiro atoms. The van der Waals surface area contributed by atoms with Crippen LogP contribution >= 0.6 is 0 Å². The Balaban J connectivity index is 1.85. The molecule has 6 heteroatoms. The third-order valence-electron chi connectivity index (χ3n) is 3.62. The highest BCUT2D eigenvalue weighted by atomic mass is 16.5. The van der Waals surface area contributed by atoms with E-state index in [0.717, 1.165) is 37.3 Å². The fourth-order valence-corrected chi connectivity index (χ4v) is 2.48. The molecule has 0 aliphatic carbocycles. The number of pyridine rings is 1. The van der Waals surface area contributed by atoms with Crippen molar-refractivity contribution in [2.45, 2.75) is 32.1 Å². The van der Waals surface area contributed by atoms with Crippen LogP contribution in [0.5, 0.6) is 5.88 Å². The molecule has 1 aliphatic heterocycles. The summed E-state index contributed by atoms with van der Waals surface area (Å²) in [6.07, 6.45) is 5.20. The minimum absolute atomic E-state index is 0.0195. The van der Waals surface area contributed by atoms with Gasteiger partial charge in [-0.2, -0.15) is 5.10 Å². The second-order valence-corrected chi connectivity index (χ2v) is 5.03. The standard InChI is InChI=1S/C15H19N3O3/c1-20-15-11(10-19)5-6-12(16-15)13-7-8-18(17-13)14-4-2-3-9-21-14/h5-8,14,19H,2-4,9-10H2,1H3. The molecule has 6 nitrogen and oxygen atoms in total. The van der Waals surface area contributed by atoms with E-state index in [1.54, 1.807) is 13.2 Å². The third kappa shape index (κ3) is 2.91. The fraction of sp³-hybridized carbons (Fsp3) is 0.467. The van der Waals surface area contributed by atoms with Gasteiger partial charge < -0.3 is 14.6 Å². The predicted octanol–water partition coefficient (Wildman–Crippen LogP) is 2.15. The molecule has 1 atom stereocenters. The summed E-state index contributed by atoms with van der Waals surface area (Å²) >= 11 is 0. The molecule has 21 heavy (non-hydrogen) atoms. The maximum atomic E-state index is 9.23. The minimum atomic E-state index is -0.0964. The van der Waals surface area contributed by atoms with E-state index in [4.69, 9.17) is 9.47 Å². The van der Waals surface area contributed by atoms with Crippen LogP contribution in [0, 0.1) is 0 Å². The average molecular weight is 289 g/mol. The number of aromatic nitrogens is 3. The van der Waals surface area contributed by atoms with Crippen molar-refractivity contribution in [1.82, 2.24) is 14.8 Å². The Bertz CT molecular complexity index is 606. The number of nitrogens with zero attached hydrogens (tertiary/aromatic N) is 3. The van der Waals surface area contributed by atoms with E-state index in [-0.39, 0.29) is 12.8 Å². The van der Waals surface area contributed by atoms with Crippen LogP contribution in [-0.2, 0) is 11.3 Å². The molecule has 3 rings (SSSR count). The van der Waals surface area contributed by atoms with Gasteiger partial charge >= 0.3 is 0 Å². The number of hydrogen-bond acceptors (Lipinski definition) is 5. The molecule has 112 valence electrons. The molecule has 1 aliphatic rings. The molecule has 0 radical (unpaired) electrons. The van der Waals surface area contributed by atoms with Gasteiger partial charge in [-0.1, -0.05) is 0 Å². The normalized spacial score (nSPS) is 18.7. The number of ether oxygens (including phenoxy) is 2. The molecule has 0 aromatic carbocycles. The van der Waals surface area contributed by atoms with Gasteiger partial charge in [-0.3, -0.25) is 0 Å². The highest BCUT2D eigenvalue weighted by molar-refractivity contribution is 5.55. The van der Waals surface area contributed by atoms with Crippen LogP contribution in [0.4, 0.5) is 0 Å². The summed E-state index contributed by atoms with van der Waals surface area (Å²) in [6.45, 7) is 0.692. The van der Waals surface area contributed by atoms with Crippen LogP contribution in [0.15, 0.2) is 24.4 Å². The maximum absolute atomic E-state index is 9.23. The Hall–Kier alpha value is -1.92. The summed E-state index contributed by atoms with van der Waals surface area (Å²) in [5.41, 5.74) is 2.15. The van der Waals surface area contributed by atoms with Gasteiger partial charge in [-0.05, 0) is 37.5 Å². The number of rotatable bonds is 4. The van der Waals surface area contributed by atoms with Crippen molar-refractivity contribution in [3.63, 3.8) is 0 Å². The zero-order chi connectivity index (χ0) is 14.7. The lowest BCUT2D eigenvalue weighted by atomic mass is 10.2. The first-order valence-corrected chi connectivity index (χ1v) is 7.13. The lowest BCUT2D eigenvalue weighted by molar-refractivity contribution is -0.0393. The second kappa shape index (κ2) is 6.24. The monoisotopic (exact) mass is 289 g/mol. The molecule has 1 saturated heterocycles.